The fourth-order valence-corrected chi connectivity index (χ4v) is 3.14. The van der Waals surface area contributed by atoms with Crippen LogP contribution in [-0.4, -0.2) is 49.3 Å². The molecule has 130 valence electrons. The highest BCUT2D eigenvalue weighted by Crippen LogP contribution is 2.18. The number of ether oxygens (including phenoxy) is 1. The highest BCUT2D eigenvalue weighted by Gasteiger charge is 2.26. The highest BCUT2D eigenvalue weighted by molar-refractivity contribution is 6.03. The summed E-state index contributed by atoms with van der Waals surface area (Å²) in [5.41, 5.74) is 1.33. The summed E-state index contributed by atoms with van der Waals surface area (Å²) in [5, 5.41) is 0. The minimum absolute atomic E-state index is 0.0168. The summed E-state index contributed by atoms with van der Waals surface area (Å²) in [6.45, 7) is 3.56. The lowest BCUT2D eigenvalue weighted by molar-refractivity contribution is 0.0294. The van der Waals surface area contributed by atoms with Gasteiger partial charge in [-0.2, -0.15) is 0 Å². The molecule has 1 fully saturated rings. The van der Waals surface area contributed by atoms with Crippen LogP contribution in [0.2, 0.25) is 0 Å². The van der Waals surface area contributed by atoms with Crippen LogP contribution in [0.1, 0.15) is 27.1 Å². The fourth-order valence-electron chi connectivity index (χ4n) is 3.14. The normalized spacial score (nSPS) is 16.3. The van der Waals surface area contributed by atoms with Crippen molar-refractivity contribution in [3.8, 4) is 0 Å². The van der Waals surface area contributed by atoms with Crippen LogP contribution in [0, 0.1) is 5.92 Å². The molecule has 3 rings (SSSR count). The van der Waals surface area contributed by atoms with Gasteiger partial charge in [-0.3, -0.25) is 14.5 Å². The van der Waals surface area contributed by atoms with Gasteiger partial charge in [-0.1, -0.05) is 60.7 Å². The number of Topliss-reactive ketones (excluding diaryl/α,β-unsaturated/α-hetero) is 2. The molecule has 1 atom stereocenters. The molecule has 0 aromatic heterocycles. The van der Waals surface area contributed by atoms with Gasteiger partial charge < -0.3 is 4.74 Å². The quantitative estimate of drug-likeness (QED) is 0.729. The maximum absolute atomic E-state index is 13.0. The van der Waals surface area contributed by atoms with E-state index in [1.807, 2.05) is 48.5 Å². The van der Waals surface area contributed by atoms with Gasteiger partial charge in [0, 0.05) is 43.1 Å². The number of hydrogen-bond acceptors (Lipinski definition) is 4. The topological polar surface area (TPSA) is 46.6 Å². The van der Waals surface area contributed by atoms with Crippen molar-refractivity contribution in [2.45, 2.75) is 6.42 Å². The molecule has 25 heavy (non-hydrogen) atoms. The van der Waals surface area contributed by atoms with E-state index >= 15 is 0 Å². The van der Waals surface area contributed by atoms with Gasteiger partial charge in [0.2, 0.25) is 0 Å². The Bertz CT molecular complexity index is 694. The van der Waals surface area contributed by atoms with Crippen LogP contribution in [0.4, 0.5) is 0 Å². The van der Waals surface area contributed by atoms with Crippen molar-refractivity contribution < 1.29 is 14.3 Å². The van der Waals surface area contributed by atoms with E-state index < -0.39 is 0 Å². The van der Waals surface area contributed by atoms with Crippen molar-refractivity contribution >= 4 is 11.6 Å². The number of nitrogens with zero attached hydrogens (tertiary/aromatic N) is 1. The maximum atomic E-state index is 13.0. The molecule has 1 aliphatic heterocycles. The Morgan fingerprint density at radius 3 is 2.04 bits per heavy atom. The molecule has 0 radical (unpaired) electrons. The van der Waals surface area contributed by atoms with Gasteiger partial charge in [0.1, 0.15) is 0 Å². The van der Waals surface area contributed by atoms with E-state index in [2.05, 4.69) is 4.90 Å². The van der Waals surface area contributed by atoms with Crippen molar-refractivity contribution in [1.29, 1.82) is 0 Å². The van der Waals surface area contributed by atoms with Gasteiger partial charge in [-0.05, 0) is 0 Å². The summed E-state index contributed by atoms with van der Waals surface area (Å²) < 4.78 is 5.38. The van der Waals surface area contributed by atoms with E-state index in [1.165, 1.54) is 0 Å². The van der Waals surface area contributed by atoms with E-state index in [0.717, 1.165) is 13.1 Å². The molecule has 0 N–H and O–H groups in total. The number of morpholine rings is 1. The van der Waals surface area contributed by atoms with E-state index in [4.69, 9.17) is 4.74 Å². The van der Waals surface area contributed by atoms with Crippen molar-refractivity contribution in [3.63, 3.8) is 0 Å². The molecule has 2 aromatic rings. The number of benzene rings is 2. The minimum atomic E-state index is -0.340. The van der Waals surface area contributed by atoms with Gasteiger partial charge in [0.15, 0.2) is 11.6 Å². The predicted molar refractivity (Wildman–Crippen MR) is 96.9 cm³/mol. The molecule has 1 saturated heterocycles. The summed E-state index contributed by atoms with van der Waals surface area (Å²) in [6.07, 6.45) is 0.231. The van der Waals surface area contributed by atoms with Crippen LogP contribution in [0.25, 0.3) is 0 Å². The largest absolute Gasteiger partial charge is 0.379 e. The predicted octanol–water partition coefficient (Wildman–Crippen LogP) is 3.09. The molecule has 0 amide bonds. The second-order valence-corrected chi connectivity index (χ2v) is 6.33. The molecule has 4 heteroatoms. The Morgan fingerprint density at radius 2 is 1.44 bits per heavy atom. The third-order valence-electron chi connectivity index (χ3n) is 4.54. The average Bonchev–Trinajstić information content (AvgIpc) is 2.69. The van der Waals surface area contributed by atoms with E-state index in [0.29, 0.717) is 30.9 Å². The van der Waals surface area contributed by atoms with E-state index in [-0.39, 0.29) is 23.9 Å². The standard InChI is InChI=1S/C21H23NO3/c23-20(17-7-3-1-4-8-17)15-19(16-22-11-13-25-14-12-22)21(24)18-9-5-2-6-10-18/h1-10,19H,11-16H2. The Balaban J connectivity index is 1.75. The van der Waals surface area contributed by atoms with Crippen molar-refractivity contribution in [2.75, 3.05) is 32.8 Å². The van der Waals surface area contributed by atoms with Crippen LogP contribution in [-0.2, 0) is 4.74 Å². The molecule has 1 heterocycles. The molecular formula is C21H23NO3. The number of ketones is 2. The smallest absolute Gasteiger partial charge is 0.167 e. The first-order valence-corrected chi connectivity index (χ1v) is 8.71. The second-order valence-electron chi connectivity index (χ2n) is 6.33. The first kappa shape index (κ1) is 17.5. The van der Waals surface area contributed by atoms with Crippen LogP contribution in [0.3, 0.4) is 0 Å². The molecule has 4 nitrogen and oxygen atoms in total. The highest BCUT2D eigenvalue weighted by atomic mass is 16.5. The lowest BCUT2D eigenvalue weighted by Crippen LogP contribution is -2.41. The van der Waals surface area contributed by atoms with Crippen LogP contribution < -0.4 is 0 Å². The molecule has 0 aliphatic carbocycles. The van der Waals surface area contributed by atoms with Gasteiger partial charge >= 0.3 is 0 Å². The summed E-state index contributed by atoms with van der Waals surface area (Å²) in [5.74, 6) is -0.285. The molecule has 0 bridgehead atoms. The molecule has 1 aliphatic rings. The van der Waals surface area contributed by atoms with Gasteiger partial charge in [-0.15, -0.1) is 0 Å². The van der Waals surface area contributed by atoms with E-state index in [1.54, 1.807) is 12.1 Å². The van der Waals surface area contributed by atoms with Gasteiger partial charge in [0.05, 0.1) is 13.2 Å². The van der Waals surface area contributed by atoms with Crippen LogP contribution >= 0.6 is 0 Å². The summed E-state index contributed by atoms with van der Waals surface area (Å²) in [7, 11) is 0. The fraction of sp³-hybridized carbons (Fsp3) is 0.333. The lowest BCUT2D eigenvalue weighted by Gasteiger charge is -2.29. The third kappa shape index (κ3) is 4.84. The third-order valence-corrected chi connectivity index (χ3v) is 4.54. The Labute approximate surface area is 148 Å². The molecule has 1 unspecified atom stereocenters. The van der Waals surface area contributed by atoms with Crippen molar-refractivity contribution in [1.82, 2.24) is 4.90 Å². The van der Waals surface area contributed by atoms with E-state index in [9.17, 15) is 9.59 Å². The number of carbonyl (C=O) groups is 2. The number of rotatable bonds is 7. The van der Waals surface area contributed by atoms with Crippen molar-refractivity contribution in [2.24, 2.45) is 5.92 Å². The van der Waals surface area contributed by atoms with Gasteiger partial charge in [0.25, 0.3) is 0 Å². The summed E-state index contributed by atoms with van der Waals surface area (Å²) in [4.78, 5) is 27.8. The van der Waals surface area contributed by atoms with Crippen molar-refractivity contribution in [3.05, 3.63) is 71.8 Å². The molecule has 2 aromatic carbocycles. The summed E-state index contributed by atoms with van der Waals surface area (Å²) in [6, 6.07) is 18.5. The first-order chi connectivity index (χ1) is 12.2. The summed E-state index contributed by atoms with van der Waals surface area (Å²) >= 11 is 0. The zero-order chi connectivity index (χ0) is 17.5. The lowest BCUT2D eigenvalue weighted by atomic mass is 9.90. The van der Waals surface area contributed by atoms with Crippen LogP contribution in [0.15, 0.2) is 60.7 Å². The SMILES string of the molecule is O=C(CC(CN1CCOCC1)C(=O)c1ccccc1)c1ccccc1. The second kappa shape index (κ2) is 8.70. The molecule has 0 spiro atoms. The maximum Gasteiger partial charge on any atom is 0.167 e. The molecule has 0 saturated carbocycles. The van der Waals surface area contributed by atoms with Gasteiger partial charge in [-0.25, -0.2) is 0 Å². The van der Waals surface area contributed by atoms with Crippen LogP contribution in [0.5, 0.6) is 0 Å². The minimum Gasteiger partial charge on any atom is -0.379 e. The Kier molecular flexibility index (Phi) is 6.09. The average molecular weight is 337 g/mol. The number of hydrogen-bond donors (Lipinski definition) is 0. The molecular weight excluding hydrogens is 314 g/mol. The zero-order valence-corrected chi connectivity index (χ0v) is 14.3. The zero-order valence-electron chi connectivity index (χ0n) is 14.3. The number of carbonyl (C=O) groups excluding carboxylic acids is 2. The Hall–Kier alpha value is -2.30. The first-order valence-electron chi connectivity index (χ1n) is 8.71. The Morgan fingerprint density at radius 1 is 0.880 bits per heavy atom. The monoisotopic (exact) mass is 337 g/mol.